The van der Waals surface area contributed by atoms with E-state index in [1.807, 2.05) is 6.26 Å². The molecule has 1 aromatic rings. The zero-order valence-corrected chi connectivity index (χ0v) is 12.8. The Labute approximate surface area is 118 Å². The predicted molar refractivity (Wildman–Crippen MR) is 77.2 cm³/mol. The van der Waals surface area contributed by atoms with E-state index in [1.165, 1.54) is 31.0 Å². The van der Waals surface area contributed by atoms with Gasteiger partial charge in [-0.1, -0.05) is 6.07 Å². The summed E-state index contributed by atoms with van der Waals surface area (Å²) in [5, 5.41) is 9.95. The number of benzene rings is 1. The molecular formula is C12H19NO4S2. The number of thioether (sulfide) groups is 1. The van der Waals surface area contributed by atoms with E-state index >= 15 is 0 Å². The highest BCUT2D eigenvalue weighted by Gasteiger charge is 2.23. The number of ether oxygens (including phenoxy) is 1. The van der Waals surface area contributed by atoms with Crippen molar-refractivity contribution in [1.29, 1.82) is 0 Å². The molecule has 0 saturated carbocycles. The largest absolute Gasteiger partial charge is 0.497 e. The maximum Gasteiger partial charge on any atom is 0.240 e. The summed E-state index contributed by atoms with van der Waals surface area (Å²) in [7, 11) is -2.17. The Morgan fingerprint density at radius 1 is 1.47 bits per heavy atom. The third kappa shape index (κ3) is 5.02. The highest BCUT2D eigenvalue weighted by molar-refractivity contribution is 7.98. The summed E-state index contributed by atoms with van der Waals surface area (Å²) < 4.78 is 31.5. The van der Waals surface area contributed by atoms with Gasteiger partial charge in [0.2, 0.25) is 10.0 Å². The molecule has 1 aromatic carbocycles. The van der Waals surface area contributed by atoms with Crippen LogP contribution in [0.4, 0.5) is 0 Å². The van der Waals surface area contributed by atoms with Crippen LogP contribution in [0.2, 0.25) is 0 Å². The van der Waals surface area contributed by atoms with Crippen LogP contribution in [0, 0.1) is 0 Å². The maximum atomic E-state index is 12.1. The highest BCUT2D eigenvalue weighted by Crippen LogP contribution is 2.17. The van der Waals surface area contributed by atoms with Crippen LogP contribution in [0.1, 0.15) is 6.92 Å². The third-order valence-corrected chi connectivity index (χ3v) is 4.76. The molecule has 1 rings (SSSR count). The first-order valence-corrected chi connectivity index (χ1v) is 8.53. The third-order valence-electron chi connectivity index (χ3n) is 2.45. The number of methoxy groups -OCH3 is 1. The highest BCUT2D eigenvalue weighted by atomic mass is 32.2. The van der Waals surface area contributed by atoms with Crippen molar-refractivity contribution in [3.8, 4) is 5.75 Å². The van der Waals surface area contributed by atoms with Crippen molar-refractivity contribution in [2.45, 2.75) is 17.4 Å². The van der Waals surface area contributed by atoms with Gasteiger partial charge in [0.05, 0.1) is 17.6 Å². The first-order chi connectivity index (χ1) is 8.80. The summed E-state index contributed by atoms with van der Waals surface area (Å²) in [6, 6.07) is 6.19. The maximum absolute atomic E-state index is 12.1. The molecule has 0 spiro atoms. The molecule has 19 heavy (non-hydrogen) atoms. The van der Waals surface area contributed by atoms with E-state index in [1.54, 1.807) is 19.1 Å². The second kappa shape index (κ2) is 6.60. The van der Waals surface area contributed by atoms with E-state index in [9.17, 15) is 13.5 Å². The van der Waals surface area contributed by atoms with Crippen LogP contribution in [0.15, 0.2) is 29.2 Å². The standard InChI is InChI=1S/C12H19NO4S2/c1-12(14,9-18-3)8-13-19(15,16)11-6-4-5-10(7-11)17-2/h4-7,13-14H,8-9H2,1-3H3. The van der Waals surface area contributed by atoms with Crippen LogP contribution in [0.5, 0.6) is 5.75 Å². The van der Waals surface area contributed by atoms with Crippen molar-refractivity contribution < 1.29 is 18.3 Å². The van der Waals surface area contributed by atoms with E-state index in [-0.39, 0.29) is 11.4 Å². The second-order valence-corrected chi connectivity index (χ2v) is 7.07. The van der Waals surface area contributed by atoms with Gasteiger partial charge in [0.15, 0.2) is 0 Å². The summed E-state index contributed by atoms with van der Waals surface area (Å²) in [6.07, 6.45) is 1.85. The first kappa shape index (κ1) is 16.3. The zero-order chi connectivity index (χ0) is 14.5. The van der Waals surface area contributed by atoms with Gasteiger partial charge in [0.1, 0.15) is 5.75 Å². The smallest absolute Gasteiger partial charge is 0.240 e. The Bertz CT molecular complexity index is 514. The lowest BCUT2D eigenvalue weighted by molar-refractivity contribution is 0.0908. The van der Waals surface area contributed by atoms with E-state index in [0.717, 1.165) is 0 Å². The molecule has 1 unspecified atom stereocenters. The lowest BCUT2D eigenvalue weighted by Gasteiger charge is -2.22. The minimum absolute atomic E-state index is 0.0343. The molecule has 0 aromatic heterocycles. The van der Waals surface area contributed by atoms with Crippen LogP contribution < -0.4 is 9.46 Å². The normalized spacial score (nSPS) is 14.9. The number of rotatable bonds is 7. The number of nitrogens with one attached hydrogen (secondary N) is 1. The lowest BCUT2D eigenvalue weighted by atomic mass is 10.1. The van der Waals surface area contributed by atoms with Crippen LogP contribution in [-0.4, -0.2) is 44.8 Å². The molecule has 0 fully saturated rings. The summed E-state index contributed by atoms with van der Waals surface area (Å²) in [4.78, 5) is 0.117. The summed E-state index contributed by atoms with van der Waals surface area (Å²) in [6.45, 7) is 1.56. The fourth-order valence-electron chi connectivity index (χ4n) is 1.46. The molecule has 0 aliphatic heterocycles. The van der Waals surface area contributed by atoms with Crippen molar-refractivity contribution in [3.63, 3.8) is 0 Å². The molecule has 0 aliphatic rings. The van der Waals surface area contributed by atoms with Crippen molar-refractivity contribution >= 4 is 21.8 Å². The Morgan fingerprint density at radius 3 is 2.74 bits per heavy atom. The molecular weight excluding hydrogens is 286 g/mol. The molecule has 0 aliphatic carbocycles. The van der Waals surface area contributed by atoms with Gasteiger partial charge in [0, 0.05) is 18.4 Å². The predicted octanol–water partition coefficient (Wildman–Crippen LogP) is 1.09. The van der Waals surface area contributed by atoms with Crippen LogP contribution in [-0.2, 0) is 10.0 Å². The quantitative estimate of drug-likeness (QED) is 0.788. The number of aliphatic hydroxyl groups is 1. The second-order valence-electron chi connectivity index (χ2n) is 4.43. The number of hydrogen-bond acceptors (Lipinski definition) is 5. The van der Waals surface area contributed by atoms with Crippen molar-refractivity contribution in [2.24, 2.45) is 0 Å². The molecule has 5 nitrogen and oxygen atoms in total. The molecule has 0 heterocycles. The minimum Gasteiger partial charge on any atom is -0.497 e. The van der Waals surface area contributed by atoms with E-state index < -0.39 is 15.6 Å². The van der Waals surface area contributed by atoms with Crippen LogP contribution in [0.3, 0.4) is 0 Å². The van der Waals surface area contributed by atoms with Crippen molar-refractivity contribution in [2.75, 3.05) is 25.7 Å². The average molecular weight is 305 g/mol. The Morgan fingerprint density at radius 2 is 2.16 bits per heavy atom. The summed E-state index contributed by atoms with van der Waals surface area (Å²) >= 11 is 1.46. The summed E-state index contributed by atoms with van der Waals surface area (Å²) in [5.74, 6) is 0.923. The number of hydrogen-bond donors (Lipinski definition) is 2. The van der Waals surface area contributed by atoms with Crippen LogP contribution >= 0.6 is 11.8 Å². The molecule has 0 bridgehead atoms. The zero-order valence-electron chi connectivity index (χ0n) is 11.2. The van der Waals surface area contributed by atoms with Crippen LogP contribution in [0.25, 0.3) is 0 Å². The van der Waals surface area contributed by atoms with Gasteiger partial charge < -0.3 is 9.84 Å². The summed E-state index contributed by atoms with van der Waals surface area (Å²) in [5.41, 5.74) is -1.08. The topological polar surface area (TPSA) is 75.6 Å². The first-order valence-electron chi connectivity index (χ1n) is 5.66. The molecule has 2 N–H and O–H groups in total. The van der Waals surface area contributed by atoms with Gasteiger partial charge in [-0.25, -0.2) is 13.1 Å². The monoisotopic (exact) mass is 305 g/mol. The minimum atomic E-state index is -3.64. The fourth-order valence-corrected chi connectivity index (χ4v) is 3.38. The van der Waals surface area contributed by atoms with Gasteiger partial charge in [-0.15, -0.1) is 0 Å². The van der Waals surface area contributed by atoms with Gasteiger partial charge >= 0.3 is 0 Å². The lowest BCUT2D eigenvalue weighted by Crippen LogP contribution is -2.42. The molecule has 108 valence electrons. The fraction of sp³-hybridized carbons (Fsp3) is 0.500. The number of sulfonamides is 1. The van der Waals surface area contributed by atoms with Gasteiger partial charge in [0.25, 0.3) is 0 Å². The van der Waals surface area contributed by atoms with Crippen molar-refractivity contribution in [1.82, 2.24) is 4.72 Å². The SMILES string of the molecule is COc1cccc(S(=O)(=O)NCC(C)(O)CSC)c1. The Hall–Kier alpha value is -0.760. The van der Waals surface area contributed by atoms with Crippen molar-refractivity contribution in [3.05, 3.63) is 24.3 Å². The molecule has 0 amide bonds. The van der Waals surface area contributed by atoms with E-state index in [0.29, 0.717) is 11.5 Å². The molecule has 7 heteroatoms. The molecule has 1 atom stereocenters. The Kier molecular flexibility index (Phi) is 5.66. The van der Waals surface area contributed by atoms with E-state index in [4.69, 9.17) is 4.74 Å². The molecule has 0 radical (unpaired) electrons. The Balaban J connectivity index is 2.81. The molecule has 0 saturated heterocycles. The van der Waals surface area contributed by atoms with Gasteiger partial charge in [-0.2, -0.15) is 11.8 Å². The van der Waals surface area contributed by atoms with Gasteiger partial charge in [-0.05, 0) is 25.3 Å². The van der Waals surface area contributed by atoms with Gasteiger partial charge in [-0.3, -0.25) is 0 Å². The van der Waals surface area contributed by atoms with E-state index in [2.05, 4.69) is 4.72 Å². The average Bonchev–Trinajstić information content (AvgIpc) is 2.37.